The van der Waals surface area contributed by atoms with E-state index in [9.17, 15) is 0 Å². The molecule has 0 amide bonds. The first-order chi connectivity index (χ1) is 10.2. The third-order valence-corrected chi connectivity index (χ3v) is 2.40. The molecule has 0 spiro atoms. The van der Waals surface area contributed by atoms with Gasteiger partial charge in [0, 0.05) is 19.3 Å². The van der Waals surface area contributed by atoms with Gasteiger partial charge in [0.15, 0.2) is 0 Å². The van der Waals surface area contributed by atoms with Crippen LogP contribution in [0.25, 0.3) is 0 Å². The highest BCUT2D eigenvalue weighted by molar-refractivity contribution is 5.34. The zero-order chi connectivity index (χ0) is 15.1. The van der Waals surface area contributed by atoms with Crippen molar-refractivity contribution in [1.82, 2.24) is 29.9 Å². The topological polar surface area (TPSA) is 129 Å². The Labute approximate surface area is 122 Å². The minimum absolute atomic E-state index is 0.0295. The van der Waals surface area contributed by atoms with Crippen LogP contribution < -0.4 is 21.3 Å². The van der Waals surface area contributed by atoms with Crippen LogP contribution in [0.2, 0.25) is 0 Å². The lowest BCUT2D eigenvalue weighted by atomic mass is 10.4. The standard InChI is InChI=1S/C11H19N9O/c1-8(2)21-11-16-9(15-10(17-11)18-12)13-4-3-6-20-7-5-14-19-20/h5,7-8H,3-4,6,12H2,1-2H3,(H2,13,15,16,17,18). The maximum atomic E-state index is 5.44. The molecule has 0 saturated carbocycles. The number of nitrogens with two attached hydrogens (primary N) is 1. The highest BCUT2D eigenvalue weighted by atomic mass is 16.5. The van der Waals surface area contributed by atoms with Gasteiger partial charge in [0.1, 0.15) is 0 Å². The molecule has 2 rings (SSSR count). The molecule has 114 valence electrons. The quantitative estimate of drug-likeness (QED) is 0.351. The molecule has 4 N–H and O–H groups in total. The van der Waals surface area contributed by atoms with Crippen LogP contribution in [0, 0.1) is 0 Å². The monoisotopic (exact) mass is 293 g/mol. The average Bonchev–Trinajstić information content (AvgIpc) is 2.96. The summed E-state index contributed by atoms with van der Waals surface area (Å²) >= 11 is 0. The van der Waals surface area contributed by atoms with E-state index in [-0.39, 0.29) is 18.1 Å². The Kier molecular flexibility index (Phi) is 5.21. The summed E-state index contributed by atoms with van der Waals surface area (Å²) < 4.78 is 7.20. The second kappa shape index (κ2) is 7.33. The number of hydrazine groups is 1. The highest BCUT2D eigenvalue weighted by Gasteiger charge is 2.08. The summed E-state index contributed by atoms with van der Waals surface area (Å²) in [5.41, 5.74) is 2.39. The van der Waals surface area contributed by atoms with Crippen molar-refractivity contribution in [2.75, 3.05) is 17.3 Å². The van der Waals surface area contributed by atoms with Crippen molar-refractivity contribution in [2.24, 2.45) is 5.84 Å². The Balaban J connectivity index is 1.89. The molecular weight excluding hydrogens is 274 g/mol. The molecule has 2 aromatic rings. The SMILES string of the molecule is CC(C)Oc1nc(NN)nc(NCCCn2ccnn2)n1. The Hall–Kier alpha value is -2.49. The van der Waals surface area contributed by atoms with Gasteiger partial charge >= 0.3 is 6.01 Å². The van der Waals surface area contributed by atoms with E-state index >= 15 is 0 Å². The first kappa shape index (κ1) is 14.9. The first-order valence-corrected chi connectivity index (χ1v) is 6.64. The third-order valence-electron chi connectivity index (χ3n) is 2.40. The maximum Gasteiger partial charge on any atom is 0.323 e. The molecule has 0 unspecified atom stereocenters. The number of anilines is 2. The van der Waals surface area contributed by atoms with E-state index in [1.165, 1.54) is 0 Å². The summed E-state index contributed by atoms with van der Waals surface area (Å²) in [6, 6.07) is 0.228. The molecule has 0 aliphatic heterocycles. The van der Waals surface area contributed by atoms with Gasteiger partial charge in [0.2, 0.25) is 11.9 Å². The van der Waals surface area contributed by atoms with E-state index in [1.54, 1.807) is 10.9 Å². The van der Waals surface area contributed by atoms with Crippen molar-refractivity contribution in [3.63, 3.8) is 0 Å². The second-order valence-electron chi connectivity index (χ2n) is 4.52. The lowest BCUT2D eigenvalue weighted by molar-refractivity contribution is 0.222. The predicted molar refractivity (Wildman–Crippen MR) is 76.5 cm³/mol. The summed E-state index contributed by atoms with van der Waals surface area (Å²) in [6.45, 7) is 5.22. The number of hydrogen-bond donors (Lipinski definition) is 3. The smallest absolute Gasteiger partial charge is 0.323 e. The van der Waals surface area contributed by atoms with Crippen LogP contribution in [0.1, 0.15) is 20.3 Å². The fourth-order valence-corrected chi connectivity index (χ4v) is 1.56. The van der Waals surface area contributed by atoms with E-state index in [2.05, 4.69) is 36.0 Å². The van der Waals surface area contributed by atoms with Crippen LogP contribution in [0.5, 0.6) is 6.01 Å². The Morgan fingerprint density at radius 2 is 2.10 bits per heavy atom. The summed E-state index contributed by atoms with van der Waals surface area (Å²) in [5, 5.41) is 10.7. The fraction of sp³-hybridized carbons (Fsp3) is 0.545. The van der Waals surface area contributed by atoms with Crippen molar-refractivity contribution >= 4 is 11.9 Å². The van der Waals surface area contributed by atoms with Gasteiger partial charge in [-0.25, -0.2) is 5.84 Å². The van der Waals surface area contributed by atoms with Crippen LogP contribution in [0.15, 0.2) is 12.4 Å². The molecule has 21 heavy (non-hydrogen) atoms. The largest absolute Gasteiger partial charge is 0.461 e. The van der Waals surface area contributed by atoms with E-state index in [0.29, 0.717) is 12.5 Å². The molecule has 0 aliphatic rings. The number of nitrogen functional groups attached to an aromatic ring is 1. The van der Waals surface area contributed by atoms with Gasteiger partial charge < -0.3 is 10.1 Å². The molecule has 10 heteroatoms. The minimum atomic E-state index is -0.0295. The van der Waals surface area contributed by atoms with Gasteiger partial charge in [0.25, 0.3) is 0 Å². The molecule has 0 aromatic carbocycles. The van der Waals surface area contributed by atoms with Crippen LogP contribution in [-0.4, -0.2) is 42.6 Å². The molecule has 10 nitrogen and oxygen atoms in total. The van der Waals surface area contributed by atoms with Gasteiger partial charge in [-0.2, -0.15) is 15.0 Å². The van der Waals surface area contributed by atoms with Gasteiger partial charge in [0.05, 0.1) is 12.3 Å². The molecular formula is C11H19N9O. The van der Waals surface area contributed by atoms with E-state index < -0.39 is 0 Å². The zero-order valence-electron chi connectivity index (χ0n) is 12.0. The van der Waals surface area contributed by atoms with Crippen LogP contribution in [0.4, 0.5) is 11.9 Å². The van der Waals surface area contributed by atoms with Crippen molar-refractivity contribution in [3.05, 3.63) is 12.4 Å². The van der Waals surface area contributed by atoms with Crippen LogP contribution in [-0.2, 0) is 6.54 Å². The Morgan fingerprint density at radius 1 is 1.29 bits per heavy atom. The molecule has 0 saturated heterocycles. The highest BCUT2D eigenvalue weighted by Crippen LogP contribution is 2.11. The number of rotatable bonds is 8. The summed E-state index contributed by atoms with van der Waals surface area (Å²) in [7, 11) is 0. The summed E-state index contributed by atoms with van der Waals surface area (Å²) in [5.74, 6) is 5.99. The Morgan fingerprint density at radius 3 is 2.76 bits per heavy atom. The molecule has 0 atom stereocenters. The number of nitrogens with zero attached hydrogens (tertiary/aromatic N) is 6. The first-order valence-electron chi connectivity index (χ1n) is 6.64. The number of hydrogen-bond acceptors (Lipinski definition) is 9. The number of nitrogens with one attached hydrogen (secondary N) is 2. The van der Waals surface area contributed by atoms with Crippen LogP contribution in [0.3, 0.4) is 0 Å². The molecule has 0 aliphatic carbocycles. The lowest BCUT2D eigenvalue weighted by Gasteiger charge is -2.11. The average molecular weight is 293 g/mol. The van der Waals surface area contributed by atoms with Crippen molar-refractivity contribution in [3.8, 4) is 6.01 Å². The second-order valence-corrected chi connectivity index (χ2v) is 4.52. The van der Waals surface area contributed by atoms with Gasteiger partial charge in [-0.15, -0.1) is 5.10 Å². The maximum absolute atomic E-state index is 5.44. The normalized spacial score (nSPS) is 10.7. The summed E-state index contributed by atoms with van der Waals surface area (Å²) in [4.78, 5) is 12.3. The van der Waals surface area contributed by atoms with E-state index in [1.807, 2.05) is 20.0 Å². The number of aryl methyl sites for hydroxylation is 1. The molecule has 0 radical (unpaired) electrons. The molecule has 2 aromatic heterocycles. The minimum Gasteiger partial charge on any atom is -0.461 e. The molecule has 2 heterocycles. The van der Waals surface area contributed by atoms with Crippen molar-refractivity contribution in [1.29, 1.82) is 0 Å². The van der Waals surface area contributed by atoms with Crippen LogP contribution >= 0.6 is 0 Å². The van der Waals surface area contributed by atoms with Crippen molar-refractivity contribution in [2.45, 2.75) is 32.9 Å². The van der Waals surface area contributed by atoms with E-state index in [4.69, 9.17) is 10.6 Å². The van der Waals surface area contributed by atoms with E-state index in [0.717, 1.165) is 13.0 Å². The summed E-state index contributed by atoms with van der Waals surface area (Å²) in [6.07, 6.45) is 4.28. The number of aromatic nitrogens is 6. The predicted octanol–water partition coefficient (Wildman–Crippen LogP) is 0.0381. The van der Waals surface area contributed by atoms with Gasteiger partial charge in [-0.1, -0.05) is 5.21 Å². The Bertz CT molecular complexity index is 543. The third kappa shape index (κ3) is 4.84. The van der Waals surface area contributed by atoms with Gasteiger partial charge in [-0.3, -0.25) is 10.1 Å². The lowest BCUT2D eigenvalue weighted by Crippen LogP contribution is -2.17. The van der Waals surface area contributed by atoms with Crippen molar-refractivity contribution < 1.29 is 4.74 Å². The van der Waals surface area contributed by atoms with Gasteiger partial charge in [-0.05, 0) is 20.3 Å². The zero-order valence-corrected chi connectivity index (χ0v) is 12.0. The molecule has 0 fully saturated rings. The molecule has 0 bridgehead atoms. The fourth-order valence-electron chi connectivity index (χ4n) is 1.56. The number of ether oxygens (including phenoxy) is 1.